The van der Waals surface area contributed by atoms with Gasteiger partial charge in [0.2, 0.25) is 0 Å². The smallest absolute Gasteiger partial charge is 0.254 e. The molecule has 1 fully saturated rings. The van der Waals surface area contributed by atoms with Crippen molar-refractivity contribution in [2.24, 2.45) is 0 Å². The Bertz CT molecular complexity index is 763. The summed E-state index contributed by atoms with van der Waals surface area (Å²) in [5, 5.41) is 4.40. The van der Waals surface area contributed by atoms with Crippen molar-refractivity contribution in [3.8, 4) is 0 Å². The van der Waals surface area contributed by atoms with Crippen molar-refractivity contribution in [3.63, 3.8) is 0 Å². The van der Waals surface area contributed by atoms with Gasteiger partial charge in [0.1, 0.15) is 6.10 Å². The van der Waals surface area contributed by atoms with Crippen LogP contribution >= 0.6 is 34.5 Å². The molecule has 140 valence electrons. The molecule has 0 spiro atoms. The Labute approximate surface area is 166 Å². The number of nitrogens with one attached hydrogen (secondary N) is 1. The van der Waals surface area contributed by atoms with Crippen LogP contribution in [0.25, 0.3) is 0 Å². The Kier molecular flexibility index (Phi) is 6.89. The van der Waals surface area contributed by atoms with Crippen LogP contribution < -0.4 is 5.32 Å². The molecule has 0 bridgehead atoms. The summed E-state index contributed by atoms with van der Waals surface area (Å²) < 4.78 is 11.1. The number of halogens is 2. The van der Waals surface area contributed by atoms with E-state index >= 15 is 0 Å². The lowest BCUT2D eigenvalue weighted by molar-refractivity contribution is -0.128. The second kappa shape index (κ2) is 9.15. The van der Waals surface area contributed by atoms with Gasteiger partial charge in [-0.2, -0.15) is 0 Å². The van der Waals surface area contributed by atoms with Crippen molar-refractivity contribution in [2.75, 3.05) is 18.5 Å². The first-order valence-corrected chi connectivity index (χ1v) is 10.0. The lowest BCUT2D eigenvalue weighted by Gasteiger charge is -2.15. The molecule has 1 amide bonds. The minimum absolute atomic E-state index is 0.0964. The molecule has 2 aromatic rings. The van der Waals surface area contributed by atoms with Crippen LogP contribution in [0.3, 0.4) is 0 Å². The van der Waals surface area contributed by atoms with Crippen LogP contribution in [-0.2, 0) is 20.7 Å². The Hall–Kier alpha value is -1.18. The highest BCUT2D eigenvalue weighted by Crippen LogP contribution is 2.29. The average Bonchev–Trinajstić information content (AvgIpc) is 3.29. The summed E-state index contributed by atoms with van der Waals surface area (Å²) in [6.07, 6.45) is 3.91. The number of carbonyl (C=O) groups is 1. The minimum Gasteiger partial charge on any atom is -0.376 e. The van der Waals surface area contributed by atoms with Gasteiger partial charge in [-0.3, -0.25) is 10.1 Å². The molecule has 8 heteroatoms. The van der Waals surface area contributed by atoms with Crippen LogP contribution in [0.2, 0.25) is 10.0 Å². The van der Waals surface area contributed by atoms with E-state index in [2.05, 4.69) is 10.3 Å². The molecule has 2 heterocycles. The van der Waals surface area contributed by atoms with Gasteiger partial charge in [-0.1, -0.05) is 35.3 Å². The number of anilines is 1. The van der Waals surface area contributed by atoms with E-state index in [4.69, 9.17) is 32.7 Å². The Morgan fingerprint density at radius 1 is 1.50 bits per heavy atom. The summed E-state index contributed by atoms with van der Waals surface area (Å²) in [6, 6.07) is 5.54. The number of rotatable bonds is 7. The number of nitrogens with zero attached hydrogens (tertiary/aromatic N) is 1. The zero-order chi connectivity index (χ0) is 18.5. The molecule has 1 aliphatic rings. The molecule has 1 aliphatic heterocycles. The fourth-order valence-corrected chi connectivity index (χ4v) is 3.86. The molecule has 2 atom stereocenters. The fraction of sp³-hybridized carbons (Fsp3) is 0.444. The highest BCUT2D eigenvalue weighted by molar-refractivity contribution is 7.15. The second-order valence-electron chi connectivity index (χ2n) is 6.12. The third kappa shape index (κ3) is 5.18. The van der Waals surface area contributed by atoms with E-state index in [1.54, 1.807) is 19.2 Å². The number of aromatic nitrogens is 1. The largest absolute Gasteiger partial charge is 0.376 e. The number of hydrogen-bond donors (Lipinski definition) is 1. The van der Waals surface area contributed by atoms with Crippen molar-refractivity contribution in [1.29, 1.82) is 0 Å². The molecule has 0 aliphatic carbocycles. The quantitative estimate of drug-likeness (QED) is 0.720. The van der Waals surface area contributed by atoms with Crippen LogP contribution in [0.15, 0.2) is 24.4 Å². The highest BCUT2D eigenvalue weighted by atomic mass is 35.5. The maximum Gasteiger partial charge on any atom is 0.254 e. The third-order valence-electron chi connectivity index (χ3n) is 4.11. The number of carbonyl (C=O) groups excluding carboxylic acids is 1. The Morgan fingerprint density at radius 3 is 3.12 bits per heavy atom. The topological polar surface area (TPSA) is 60.5 Å². The first-order valence-electron chi connectivity index (χ1n) is 8.44. The lowest BCUT2D eigenvalue weighted by atomic mass is 10.1. The average molecular weight is 415 g/mol. The number of ether oxygens (including phenoxy) is 2. The third-order valence-corrected chi connectivity index (χ3v) is 5.88. The molecule has 26 heavy (non-hydrogen) atoms. The second-order valence-corrected chi connectivity index (χ2v) is 8.02. The zero-order valence-electron chi connectivity index (χ0n) is 14.3. The van der Waals surface area contributed by atoms with Crippen molar-refractivity contribution in [2.45, 2.75) is 38.4 Å². The van der Waals surface area contributed by atoms with E-state index in [0.717, 1.165) is 29.9 Å². The zero-order valence-corrected chi connectivity index (χ0v) is 16.7. The SMILES string of the molecule is C[C@H](OC[C@H]1CCCO1)C(=O)Nc1ncc(Cc2cccc(Cl)c2Cl)s1. The van der Waals surface area contributed by atoms with Crippen LogP contribution in [0, 0.1) is 0 Å². The van der Waals surface area contributed by atoms with E-state index in [9.17, 15) is 4.79 Å². The molecular weight excluding hydrogens is 395 g/mol. The number of benzene rings is 1. The van der Waals surface area contributed by atoms with Gasteiger partial charge >= 0.3 is 0 Å². The van der Waals surface area contributed by atoms with Gasteiger partial charge in [-0.05, 0) is 31.4 Å². The fourth-order valence-electron chi connectivity index (χ4n) is 2.63. The summed E-state index contributed by atoms with van der Waals surface area (Å²) in [6.45, 7) is 2.93. The summed E-state index contributed by atoms with van der Waals surface area (Å²) in [7, 11) is 0. The lowest BCUT2D eigenvalue weighted by Crippen LogP contribution is -2.30. The van der Waals surface area contributed by atoms with Crippen molar-refractivity contribution < 1.29 is 14.3 Å². The molecule has 0 saturated carbocycles. The van der Waals surface area contributed by atoms with Gasteiger partial charge in [0.15, 0.2) is 5.13 Å². The molecule has 0 unspecified atom stereocenters. The molecule has 1 saturated heterocycles. The van der Waals surface area contributed by atoms with E-state index in [-0.39, 0.29) is 12.0 Å². The number of amides is 1. The first kappa shape index (κ1) is 19.6. The maximum absolute atomic E-state index is 12.2. The minimum atomic E-state index is -0.561. The van der Waals surface area contributed by atoms with Crippen LogP contribution in [-0.4, -0.2) is 36.3 Å². The van der Waals surface area contributed by atoms with Gasteiger partial charge < -0.3 is 9.47 Å². The molecule has 3 rings (SSSR count). The van der Waals surface area contributed by atoms with E-state index in [1.165, 1.54) is 11.3 Å². The maximum atomic E-state index is 12.2. The molecule has 5 nitrogen and oxygen atoms in total. The Balaban J connectivity index is 1.52. The molecular formula is C18H20Cl2N2O3S. The van der Waals surface area contributed by atoms with Gasteiger partial charge in [0.05, 0.1) is 22.8 Å². The van der Waals surface area contributed by atoms with Gasteiger partial charge in [0.25, 0.3) is 5.91 Å². The van der Waals surface area contributed by atoms with E-state index in [1.807, 2.05) is 12.1 Å². The highest BCUT2D eigenvalue weighted by Gasteiger charge is 2.20. The molecule has 1 aromatic heterocycles. The summed E-state index contributed by atoms with van der Waals surface area (Å²) in [4.78, 5) is 17.5. The normalized spacial score (nSPS) is 18.0. The predicted octanol–water partition coefficient (Wildman–Crippen LogP) is 4.56. The standard InChI is InChI=1S/C18H20Cl2N2O3S/c1-11(25-10-13-5-3-7-24-13)17(23)22-18-21-9-14(26-18)8-12-4-2-6-15(19)16(12)20/h2,4,6,9,11,13H,3,5,7-8,10H2,1H3,(H,21,22,23)/t11-,13+/m0/s1. The molecule has 1 aromatic carbocycles. The number of hydrogen-bond acceptors (Lipinski definition) is 5. The van der Waals surface area contributed by atoms with E-state index < -0.39 is 6.10 Å². The van der Waals surface area contributed by atoms with Crippen molar-refractivity contribution in [1.82, 2.24) is 4.98 Å². The molecule has 1 N–H and O–H groups in total. The summed E-state index contributed by atoms with van der Waals surface area (Å²) in [5.41, 5.74) is 0.925. The summed E-state index contributed by atoms with van der Waals surface area (Å²) >= 11 is 13.7. The van der Waals surface area contributed by atoms with Gasteiger partial charge in [-0.25, -0.2) is 4.98 Å². The van der Waals surface area contributed by atoms with Gasteiger partial charge in [0, 0.05) is 24.1 Å². The van der Waals surface area contributed by atoms with Crippen LogP contribution in [0.1, 0.15) is 30.2 Å². The molecule has 0 radical (unpaired) electrons. The summed E-state index contributed by atoms with van der Waals surface area (Å²) in [5.74, 6) is -0.218. The van der Waals surface area contributed by atoms with Crippen LogP contribution in [0.5, 0.6) is 0 Å². The van der Waals surface area contributed by atoms with Crippen LogP contribution in [0.4, 0.5) is 5.13 Å². The van der Waals surface area contributed by atoms with Gasteiger partial charge in [-0.15, -0.1) is 11.3 Å². The first-order chi connectivity index (χ1) is 12.5. The monoisotopic (exact) mass is 414 g/mol. The van der Waals surface area contributed by atoms with E-state index in [0.29, 0.717) is 28.2 Å². The van der Waals surface area contributed by atoms with Crippen molar-refractivity contribution in [3.05, 3.63) is 44.9 Å². The number of thiazole rings is 1. The predicted molar refractivity (Wildman–Crippen MR) is 104 cm³/mol. The Morgan fingerprint density at radius 2 is 2.35 bits per heavy atom. The van der Waals surface area contributed by atoms with Crippen molar-refractivity contribution >= 4 is 45.6 Å².